The predicted octanol–water partition coefficient (Wildman–Crippen LogP) is 3.95. The summed E-state index contributed by atoms with van der Waals surface area (Å²) in [5.74, 6) is 1.39. The number of nitrogens with zero attached hydrogens (tertiary/aromatic N) is 1. The molecule has 28 heavy (non-hydrogen) atoms. The molecule has 1 saturated carbocycles. The molecule has 2 aromatic carbocycles. The number of hydrogen-bond donors (Lipinski definition) is 1. The first-order valence-corrected chi connectivity index (χ1v) is 10.1. The van der Waals surface area contributed by atoms with Crippen molar-refractivity contribution in [3.05, 3.63) is 65.2 Å². The minimum absolute atomic E-state index is 0.102. The second-order valence-electron chi connectivity index (χ2n) is 9.01. The van der Waals surface area contributed by atoms with E-state index in [2.05, 4.69) is 30.3 Å². The van der Waals surface area contributed by atoms with E-state index >= 15 is 0 Å². The molecule has 2 fully saturated rings. The van der Waals surface area contributed by atoms with Gasteiger partial charge in [-0.25, -0.2) is 0 Å². The Bertz CT molecular complexity index is 871. The third-order valence-electron chi connectivity index (χ3n) is 6.14. The molecule has 0 radical (unpaired) electrons. The molecular formula is C24H29NO3. The maximum absolute atomic E-state index is 13.0. The van der Waals surface area contributed by atoms with Gasteiger partial charge in [0.15, 0.2) is 0 Å². The smallest absolute Gasteiger partial charge is 0.253 e. The zero-order valence-electron chi connectivity index (χ0n) is 16.9. The van der Waals surface area contributed by atoms with Crippen LogP contribution in [-0.4, -0.2) is 41.2 Å². The zero-order chi connectivity index (χ0) is 19.9. The molecule has 1 saturated heterocycles. The average Bonchev–Trinajstić information content (AvgIpc) is 3.41. The Balaban J connectivity index is 1.42. The summed E-state index contributed by atoms with van der Waals surface area (Å²) < 4.78 is 5.69. The van der Waals surface area contributed by atoms with E-state index in [0.717, 1.165) is 25.1 Å². The standard InChI is InChI=1S/C24H29NO3/c1-17-13-18(9-10-21(17)28-16-23(2,3)27)22(26)25-12-11-24(14-20(24)15-25)19-7-5-4-6-8-19/h4-10,13,20,27H,11-12,14-16H2,1-3H3. The van der Waals surface area contributed by atoms with Gasteiger partial charge in [-0.1, -0.05) is 30.3 Å². The van der Waals surface area contributed by atoms with E-state index in [4.69, 9.17) is 4.74 Å². The van der Waals surface area contributed by atoms with Gasteiger partial charge in [-0.05, 0) is 68.9 Å². The fourth-order valence-electron chi connectivity index (χ4n) is 4.45. The number of amides is 1. The highest BCUT2D eigenvalue weighted by molar-refractivity contribution is 5.94. The van der Waals surface area contributed by atoms with Gasteiger partial charge in [-0.2, -0.15) is 0 Å². The first-order chi connectivity index (χ1) is 13.3. The molecule has 0 aromatic heterocycles. The summed E-state index contributed by atoms with van der Waals surface area (Å²) in [6, 6.07) is 16.3. The molecule has 1 aliphatic heterocycles. The molecule has 1 heterocycles. The lowest BCUT2D eigenvalue weighted by Gasteiger charge is -2.32. The first-order valence-electron chi connectivity index (χ1n) is 10.1. The second kappa shape index (κ2) is 6.93. The first kappa shape index (κ1) is 19.0. The number of hydrogen-bond acceptors (Lipinski definition) is 3. The lowest BCUT2D eigenvalue weighted by molar-refractivity contribution is 0.0282. The SMILES string of the molecule is Cc1cc(C(=O)N2CCC3(c4ccccc4)CC3C2)ccc1OCC(C)(C)O. The van der Waals surface area contributed by atoms with Gasteiger partial charge < -0.3 is 14.7 Å². The van der Waals surface area contributed by atoms with Crippen molar-refractivity contribution in [3.8, 4) is 5.75 Å². The number of carbonyl (C=O) groups is 1. The zero-order valence-corrected chi connectivity index (χ0v) is 16.9. The Morgan fingerprint density at radius 2 is 2.00 bits per heavy atom. The Morgan fingerprint density at radius 3 is 2.64 bits per heavy atom. The fourth-order valence-corrected chi connectivity index (χ4v) is 4.45. The Hall–Kier alpha value is -2.33. The van der Waals surface area contributed by atoms with Crippen LogP contribution in [0, 0.1) is 12.8 Å². The topological polar surface area (TPSA) is 49.8 Å². The second-order valence-corrected chi connectivity index (χ2v) is 9.01. The van der Waals surface area contributed by atoms with E-state index in [1.165, 1.54) is 12.0 Å². The van der Waals surface area contributed by atoms with Gasteiger partial charge in [-0.3, -0.25) is 4.79 Å². The summed E-state index contributed by atoms with van der Waals surface area (Å²) >= 11 is 0. The molecule has 2 aliphatic rings. The van der Waals surface area contributed by atoms with Crippen molar-refractivity contribution >= 4 is 5.91 Å². The van der Waals surface area contributed by atoms with E-state index in [-0.39, 0.29) is 12.5 Å². The van der Waals surface area contributed by atoms with Crippen LogP contribution in [0.25, 0.3) is 0 Å². The van der Waals surface area contributed by atoms with E-state index in [9.17, 15) is 9.90 Å². The molecular weight excluding hydrogens is 350 g/mol. The average molecular weight is 380 g/mol. The van der Waals surface area contributed by atoms with Crippen molar-refractivity contribution in [2.45, 2.75) is 44.6 Å². The lowest BCUT2D eigenvalue weighted by atomic mass is 9.87. The van der Waals surface area contributed by atoms with Crippen LogP contribution in [0.1, 0.15) is 48.2 Å². The van der Waals surface area contributed by atoms with E-state index in [0.29, 0.717) is 22.6 Å². The molecule has 2 atom stereocenters. The molecule has 148 valence electrons. The van der Waals surface area contributed by atoms with Gasteiger partial charge in [-0.15, -0.1) is 0 Å². The predicted molar refractivity (Wildman–Crippen MR) is 110 cm³/mol. The maximum atomic E-state index is 13.0. The third kappa shape index (κ3) is 3.66. The van der Waals surface area contributed by atoms with Crippen molar-refractivity contribution < 1.29 is 14.6 Å². The summed E-state index contributed by atoms with van der Waals surface area (Å²) in [5.41, 5.74) is 2.46. The molecule has 4 rings (SSSR count). The molecule has 2 aromatic rings. The van der Waals surface area contributed by atoms with Crippen molar-refractivity contribution in [1.29, 1.82) is 0 Å². The molecule has 2 unspecified atom stereocenters. The highest BCUT2D eigenvalue weighted by atomic mass is 16.5. The molecule has 1 amide bonds. The van der Waals surface area contributed by atoms with Crippen molar-refractivity contribution in [3.63, 3.8) is 0 Å². The highest BCUT2D eigenvalue weighted by Crippen LogP contribution is 2.59. The Kier molecular flexibility index (Phi) is 4.70. The molecule has 4 nitrogen and oxygen atoms in total. The third-order valence-corrected chi connectivity index (χ3v) is 6.14. The summed E-state index contributed by atoms with van der Waals surface area (Å²) in [6.07, 6.45) is 2.22. The number of likely N-dealkylation sites (tertiary alicyclic amines) is 1. The van der Waals surface area contributed by atoms with Crippen LogP contribution in [0.3, 0.4) is 0 Å². The lowest BCUT2D eigenvalue weighted by Crippen LogP contribution is -2.40. The quantitative estimate of drug-likeness (QED) is 0.856. The Morgan fingerprint density at radius 1 is 1.25 bits per heavy atom. The van der Waals surface area contributed by atoms with Crippen LogP contribution in [0.4, 0.5) is 0 Å². The van der Waals surface area contributed by atoms with E-state index in [1.807, 2.05) is 30.0 Å². The van der Waals surface area contributed by atoms with Crippen LogP contribution in [0.15, 0.2) is 48.5 Å². The van der Waals surface area contributed by atoms with Crippen LogP contribution < -0.4 is 4.74 Å². The van der Waals surface area contributed by atoms with Gasteiger partial charge in [0.25, 0.3) is 5.91 Å². The van der Waals surface area contributed by atoms with Crippen LogP contribution in [-0.2, 0) is 5.41 Å². The number of rotatable bonds is 5. The Labute approximate surface area is 167 Å². The maximum Gasteiger partial charge on any atom is 0.253 e. The van der Waals surface area contributed by atoms with E-state index in [1.54, 1.807) is 13.8 Å². The molecule has 4 heteroatoms. The summed E-state index contributed by atoms with van der Waals surface area (Å²) in [7, 11) is 0. The molecule has 1 aliphatic carbocycles. The van der Waals surface area contributed by atoms with Crippen LogP contribution >= 0.6 is 0 Å². The number of aryl methyl sites for hydroxylation is 1. The number of fused-ring (bicyclic) bond motifs is 1. The van der Waals surface area contributed by atoms with Crippen molar-refractivity contribution in [2.24, 2.45) is 5.92 Å². The van der Waals surface area contributed by atoms with Crippen molar-refractivity contribution in [2.75, 3.05) is 19.7 Å². The largest absolute Gasteiger partial charge is 0.490 e. The number of ether oxygens (including phenoxy) is 1. The number of piperidine rings is 1. The number of carbonyl (C=O) groups excluding carboxylic acids is 1. The van der Waals surface area contributed by atoms with Crippen LogP contribution in [0.2, 0.25) is 0 Å². The molecule has 1 N–H and O–H groups in total. The minimum Gasteiger partial charge on any atom is -0.490 e. The van der Waals surface area contributed by atoms with Gasteiger partial charge >= 0.3 is 0 Å². The van der Waals surface area contributed by atoms with E-state index < -0.39 is 5.60 Å². The summed E-state index contributed by atoms with van der Waals surface area (Å²) in [6.45, 7) is 7.22. The number of benzene rings is 2. The summed E-state index contributed by atoms with van der Waals surface area (Å²) in [4.78, 5) is 15.0. The highest BCUT2D eigenvalue weighted by Gasteiger charge is 2.57. The van der Waals surface area contributed by atoms with Gasteiger partial charge in [0.2, 0.25) is 0 Å². The monoisotopic (exact) mass is 379 g/mol. The van der Waals surface area contributed by atoms with Gasteiger partial charge in [0, 0.05) is 24.1 Å². The fraction of sp³-hybridized carbons (Fsp3) is 0.458. The molecule has 0 bridgehead atoms. The van der Waals surface area contributed by atoms with Crippen molar-refractivity contribution in [1.82, 2.24) is 4.90 Å². The normalized spacial score (nSPS) is 23.9. The number of aliphatic hydroxyl groups is 1. The minimum atomic E-state index is -0.885. The molecule has 0 spiro atoms. The van der Waals surface area contributed by atoms with Crippen LogP contribution in [0.5, 0.6) is 5.75 Å². The summed E-state index contributed by atoms with van der Waals surface area (Å²) in [5, 5.41) is 9.83. The van der Waals surface area contributed by atoms with Gasteiger partial charge in [0.1, 0.15) is 12.4 Å². The van der Waals surface area contributed by atoms with Gasteiger partial charge in [0.05, 0.1) is 5.60 Å².